The number of methoxy groups -OCH3 is 1. The van der Waals surface area contributed by atoms with Crippen molar-refractivity contribution < 1.29 is 14.3 Å². The Morgan fingerprint density at radius 1 is 1.46 bits per heavy atom. The van der Waals surface area contributed by atoms with Crippen molar-refractivity contribution in [3.8, 4) is 0 Å². The molecule has 1 unspecified atom stereocenters. The average Bonchev–Trinajstić information content (AvgIpc) is 2.03. The van der Waals surface area contributed by atoms with Crippen LogP contribution in [0.25, 0.3) is 0 Å². The summed E-state index contributed by atoms with van der Waals surface area (Å²) in [6.45, 7) is 6.15. The molecule has 0 aliphatic rings. The first-order chi connectivity index (χ1) is 5.90. The van der Waals surface area contributed by atoms with Gasteiger partial charge in [0, 0.05) is 0 Å². The van der Waals surface area contributed by atoms with Gasteiger partial charge in [-0.3, -0.25) is 4.79 Å². The second kappa shape index (κ2) is 5.19. The molecule has 0 saturated carbocycles. The molecule has 0 spiro atoms. The van der Waals surface area contributed by atoms with Crippen molar-refractivity contribution in [3.63, 3.8) is 0 Å². The zero-order chi connectivity index (χ0) is 10.5. The number of ether oxygens (including phenoxy) is 2. The van der Waals surface area contributed by atoms with Gasteiger partial charge in [-0.15, -0.1) is 0 Å². The third kappa shape index (κ3) is 5.60. The van der Waals surface area contributed by atoms with E-state index < -0.39 is 0 Å². The van der Waals surface area contributed by atoms with Crippen LogP contribution in [0.3, 0.4) is 0 Å². The Labute approximate surface area is 79.6 Å². The molecule has 0 aromatic rings. The van der Waals surface area contributed by atoms with Crippen LogP contribution in [0.5, 0.6) is 0 Å². The summed E-state index contributed by atoms with van der Waals surface area (Å²) in [5.74, 6) is -0.299. The largest absolute Gasteiger partial charge is 0.468 e. The molecule has 0 aromatic heterocycles. The number of likely N-dealkylation sites (N-methyl/N-ethyl adjacent to an activating group) is 1. The van der Waals surface area contributed by atoms with E-state index in [1.165, 1.54) is 7.11 Å². The molecule has 0 radical (unpaired) electrons. The zero-order valence-electron chi connectivity index (χ0n) is 9.01. The summed E-state index contributed by atoms with van der Waals surface area (Å²) in [6.07, 6.45) is 0. The molecule has 0 heterocycles. The average molecular weight is 189 g/mol. The molecule has 0 aliphatic heterocycles. The van der Waals surface area contributed by atoms with Crippen molar-refractivity contribution in [2.45, 2.75) is 32.4 Å². The smallest absolute Gasteiger partial charge is 0.325 e. The standard InChI is InChI=1S/C9H19NO3/c1-9(2,3)13-6-7(10-4)8(11)12-5/h7,10H,6H2,1-5H3. The van der Waals surface area contributed by atoms with Crippen molar-refractivity contribution in [1.29, 1.82) is 0 Å². The minimum absolute atomic E-state index is 0.233. The Balaban J connectivity index is 3.93. The van der Waals surface area contributed by atoms with E-state index in [1.807, 2.05) is 20.8 Å². The van der Waals surface area contributed by atoms with Gasteiger partial charge in [0.1, 0.15) is 6.04 Å². The summed E-state index contributed by atoms with van der Waals surface area (Å²) < 4.78 is 10.0. The van der Waals surface area contributed by atoms with Crippen LogP contribution in [0.15, 0.2) is 0 Å². The van der Waals surface area contributed by atoms with E-state index in [9.17, 15) is 4.79 Å². The lowest BCUT2D eigenvalue weighted by atomic mass is 10.2. The van der Waals surface area contributed by atoms with E-state index in [0.29, 0.717) is 6.61 Å². The van der Waals surface area contributed by atoms with E-state index in [-0.39, 0.29) is 17.6 Å². The molecule has 0 rings (SSSR count). The molecule has 0 saturated heterocycles. The number of rotatable bonds is 4. The number of esters is 1. The van der Waals surface area contributed by atoms with Gasteiger partial charge in [0.15, 0.2) is 0 Å². The molecule has 0 aromatic carbocycles. The second-order valence-electron chi connectivity index (χ2n) is 3.79. The maximum absolute atomic E-state index is 11.1. The molecule has 78 valence electrons. The number of nitrogens with one attached hydrogen (secondary N) is 1. The fourth-order valence-corrected chi connectivity index (χ4v) is 0.745. The highest BCUT2D eigenvalue weighted by molar-refractivity contribution is 5.75. The first-order valence-corrected chi connectivity index (χ1v) is 4.29. The number of carbonyl (C=O) groups excluding carboxylic acids is 1. The van der Waals surface area contributed by atoms with E-state index >= 15 is 0 Å². The first kappa shape index (κ1) is 12.4. The summed E-state index contributed by atoms with van der Waals surface area (Å²) in [5.41, 5.74) is -0.233. The molecule has 0 aliphatic carbocycles. The minimum atomic E-state index is -0.385. The maximum Gasteiger partial charge on any atom is 0.325 e. The molecule has 0 fully saturated rings. The molecular formula is C9H19NO3. The third-order valence-corrected chi connectivity index (χ3v) is 1.52. The molecule has 0 amide bonds. The summed E-state index contributed by atoms with van der Waals surface area (Å²) >= 11 is 0. The van der Waals surface area contributed by atoms with Gasteiger partial charge in [-0.1, -0.05) is 0 Å². The zero-order valence-corrected chi connectivity index (χ0v) is 9.01. The van der Waals surface area contributed by atoms with Gasteiger partial charge in [-0.2, -0.15) is 0 Å². The van der Waals surface area contributed by atoms with Crippen LogP contribution in [0.2, 0.25) is 0 Å². The Morgan fingerprint density at radius 3 is 2.31 bits per heavy atom. The predicted octanol–water partition coefficient (Wildman–Crippen LogP) is 0.562. The molecule has 4 heteroatoms. The summed E-state index contributed by atoms with van der Waals surface area (Å²) in [7, 11) is 3.07. The van der Waals surface area contributed by atoms with Crippen molar-refractivity contribution in [2.75, 3.05) is 20.8 Å². The van der Waals surface area contributed by atoms with Gasteiger partial charge in [-0.25, -0.2) is 0 Å². The Morgan fingerprint density at radius 2 is 2.00 bits per heavy atom. The van der Waals surface area contributed by atoms with Crippen LogP contribution in [-0.2, 0) is 14.3 Å². The lowest BCUT2D eigenvalue weighted by Crippen LogP contribution is -2.41. The van der Waals surface area contributed by atoms with Crippen LogP contribution in [0.4, 0.5) is 0 Å². The molecule has 1 N–H and O–H groups in total. The van der Waals surface area contributed by atoms with Crippen molar-refractivity contribution in [3.05, 3.63) is 0 Å². The maximum atomic E-state index is 11.1. The number of carbonyl (C=O) groups is 1. The Kier molecular flexibility index (Phi) is 4.95. The summed E-state index contributed by atoms with van der Waals surface area (Å²) in [4.78, 5) is 11.1. The van der Waals surface area contributed by atoms with Crippen molar-refractivity contribution in [2.24, 2.45) is 0 Å². The molecule has 4 nitrogen and oxygen atoms in total. The minimum Gasteiger partial charge on any atom is -0.468 e. The van der Waals surface area contributed by atoms with Crippen molar-refractivity contribution >= 4 is 5.97 Å². The van der Waals surface area contributed by atoms with Crippen LogP contribution < -0.4 is 5.32 Å². The lowest BCUT2D eigenvalue weighted by Gasteiger charge is -2.22. The van der Waals surface area contributed by atoms with Gasteiger partial charge in [0.05, 0.1) is 19.3 Å². The monoisotopic (exact) mass is 189 g/mol. The third-order valence-electron chi connectivity index (χ3n) is 1.52. The van der Waals surface area contributed by atoms with Gasteiger partial charge in [0.2, 0.25) is 0 Å². The molecular weight excluding hydrogens is 170 g/mol. The SMILES string of the molecule is CNC(COC(C)(C)C)C(=O)OC. The molecule has 13 heavy (non-hydrogen) atoms. The van der Waals surface area contributed by atoms with E-state index in [1.54, 1.807) is 7.05 Å². The van der Waals surface area contributed by atoms with Crippen molar-refractivity contribution in [1.82, 2.24) is 5.32 Å². The van der Waals surface area contributed by atoms with Crippen LogP contribution in [-0.4, -0.2) is 38.4 Å². The van der Waals surface area contributed by atoms with Gasteiger partial charge in [0.25, 0.3) is 0 Å². The van der Waals surface area contributed by atoms with Gasteiger partial charge < -0.3 is 14.8 Å². The quantitative estimate of drug-likeness (QED) is 0.656. The topological polar surface area (TPSA) is 47.6 Å². The molecule has 0 bridgehead atoms. The fourth-order valence-electron chi connectivity index (χ4n) is 0.745. The first-order valence-electron chi connectivity index (χ1n) is 4.29. The molecule has 1 atom stereocenters. The Hall–Kier alpha value is -0.610. The van der Waals surface area contributed by atoms with E-state index in [0.717, 1.165) is 0 Å². The number of hydrogen-bond donors (Lipinski definition) is 1. The highest BCUT2D eigenvalue weighted by Gasteiger charge is 2.20. The van der Waals surface area contributed by atoms with E-state index in [4.69, 9.17) is 4.74 Å². The summed E-state index contributed by atoms with van der Waals surface area (Å²) in [6, 6.07) is -0.385. The van der Waals surface area contributed by atoms with Crippen LogP contribution in [0.1, 0.15) is 20.8 Å². The van der Waals surface area contributed by atoms with Crippen LogP contribution in [0, 0.1) is 0 Å². The predicted molar refractivity (Wildman–Crippen MR) is 50.6 cm³/mol. The highest BCUT2D eigenvalue weighted by atomic mass is 16.5. The Bertz CT molecular complexity index is 163. The normalized spacial score (nSPS) is 13.9. The van der Waals surface area contributed by atoms with Gasteiger partial charge >= 0.3 is 5.97 Å². The van der Waals surface area contributed by atoms with Crippen LogP contribution >= 0.6 is 0 Å². The van der Waals surface area contributed by atoms with Gasteiger partial charge in [-0.05, 0) is 27.8 Å². The number of hydrogen-bond acceptors (Lipinski definition) is 4. The fraction of sp³-hybridized carbons (Fsp3) is 0.889. The lowest BCUT2D eigenvalue weighted by molar-refractivity contribution is -0.146. The highest BCUT2D eigenvalue weighted by Crippen LogP contribution is 2.07. The van der Waals surface area contributed by atoms with E-state index in [2.05, 4.69) is 10.1 Å². The summed E-state index contributed by atoms with van der Waals surface area (Å²) in [5, 5.41) is 2.83. The second-order valence-corrected chi connectivity index (χ2v) is 3.79.